The van der Waals surface area contributed by atoms with E-state index in [9.17, 15) is 4.79 Å². The summed E-state index contributed by atoms with van der Waals surface area (Å²) in [5.74, 6) is 1.89. The summed E-state index contributed by atoms with van der Waals surface area (Å²) < 4.78 is 10.5. The Balaban J connectivity index is 1.88. The molecule has 3 aromatic rings. The van der Waals surface area contributed by atoms with Crippen molar-refractivity contribution in [3.05, 3.63) is 58.5 Å². The van der Waals surface area contributed by atoms with Crippen molar-refractivity contribution in [2.75, 3.05) is 19.5 Å². The Labute approximate surface area is 133 Å². The topological polar surface area (TPSA) is 76.2 Å². The Morgan fingerprint density at radius 3 is 2.65 bits per heavy atom. The first-order valence-electron chi connectivity index (χ1n) is 7.15. The van der Waals surface area contributed by atoms with Crippen molar-refractivity contribution in [3.8, 4) is 11.5 Å². The van der Waals surface area contributed by atoms with Crippen LogP contribution >= 0.6 is 0 Å². The molecule has 0 aliphatic heterocycles. The summed E-state index contributed by atoms with van der Waals surface area (Å²) in [7, 11) is 3.20. The molecular weight excluding hydrogens is 294 g/mol. The summed E-state index contributed by atoms with van der Waals surface area (Å²) in [5.41, 5.74) is 1.37. The van der Waals surface area contributed by atoms with Crippen molar-refractivity contribution in [1.82, 2.24) is 9.97 Å². The van der Waals surface area contributed by atoms with E-state index < -0.39 is 0 Å². The fourth-order valence-corrected chi connectivity index (χ4v) is 2.41. The van der Waals surface area contributed by atoms with Crippen molar-refractivity contribution in [2.45, 2.75) is 6.54 Å². The normalized spacial score (nSPS) is 10.5. The standard InChI is InChI=1S/C17H17N3O3/c1-22-14-8-7-11(9-15(14)23-2)10-18-16-12-5-3-4-6-13(12)19-17(21)20-16/h3-9H,10H2,1-2H3,(H2,18,19,20,21). The number of para-hydroxylation sites is 1. The van der Waals surface area contributed by atoms with Crippen molar-refractivity contribution in [2.24, 2.45) is 0 Å². The van der Waals surface area contributed by atoms with E-state index in [2.05, 4.69) is 15.3 Å². The second-order valence-electron chi connectivity index (χ2n) is 4.98. The molecule has 0 spiro atoms. The SMILES string of the molecule is COc1ccc(CNc2nc(=O)[nH]c3ccccc23)cc1OC. The smallest absolute Gasteiger partial charge is 0.347 e. The van der Waals surface area contributed by atoms with E-state index in [1.165, 1.54) is 0 Å². The highest BCUT2D eigenvalue weighted by molar-refractivity contribution is 5.88. The molecule has 1 heterocycles. The van der Waals surface area contributed by atoms with E-state index in [1.54, 1.807) is 14.2 Å². The van der Waals surface area contributed by atoms with E-state index >= 15 is 0 Å². The highest BCUT2D eigenvalue weighted by Crippen LogP contribution is 2.28. The van der Waals surface area contributed by atoms with Crippen LogP contribution in [0.15, 0.2) is 47.3 Å². The van der Waals surface area contributed by atoms with Crippen molar-refractivity contribution in [1.29, 1.82) is 0 Å². The van der Waals surface area contributed by atoms with Crippen LogP contribution in [0.2, 0.25) is 0 Å². The molecule has 0 bridgehead atoms. The lowest BCUT2D eigenvalue weighted by Gasteiger charge is -2.11. The van der Waals surface area contributed by atoms with E-state index in [4.69, 9.17) is 9.47 Å². The van der Waals surface area contributed by atoms with E-state index in [1.807, 2.05) is 42.5 Å². The van der Waals surface area contributed by atoms with Crippen molar-refractivity contribution >= 4 is 16.7 Å². The van der Waals surface area contributed by atoms with E-state index in [0.717, 1.165) is 16.5 Å². The summed E-state index contributed by atoms with van der Waals surface area (Å²) >= 11 is 0. The van der Waals surface area contributed by atoms with Crippen molar-refractivity contribution < 1.29 is 9.47 Å². The van der Waals surface area contributed by atoms with Gasteiger partial charge in [-0.3, -0.25) is 0 Å². The number of methoxy groups -OCH3 is 2. The quantitative estimate of drug-likeness (QED) is 0.757. The number of fused-ring (bicyclic) bond motifs is 1. The van der Waals surface area contributed by atoms with Gasteiger partial charge in [0.05, 0.1) is 19.7 Å². The Kier molecular flexibility index (Phi) is 4.14. The van der Waals surface area contributed by atoms with Gasteiger partial charge in [0.2, 0.25) is 0 Å². The highest BCUT2D eigenvalue weighted by atomic mass is 16.5. The summed E-state index contributed by atoms with van der Waals surface area (Å²) in [5, 5.41) is 4.07. The number of benzene rings is 2. The maximum Gasteiger partial charge on any atom is 0.347 e. The fraction of sp³-hybridized carbons (Fsp3) is 0.176. The Bertz CT molecular complexity index is 890. The summed E-state index contributed by atoms with van der Waals surface area (Å²) in [4.78, 5) is 18.4. The third-order valence-corrected chi connectivity index (χ3v) is 3.55. The van der Waals surface area contributed by atoms with Crippen LogP contribution in [0.5, 0.6) is 11.5 Å². The van der Waals surface area contributed by atoms with Crippen molar-refractivity contribution in [3.63, 3.8) is 0 Å². The molecule has 0 unspecified atom stereocenters. The first-order valence-corrected chi connectivity index (χ1v) is 7.15. The number of hydrogen-bond acceptors (Lipinski definition) is 5. The molecule has 3 rings (SSSR count). The van der Waals surface area contributed by atoms with Crippen LogP contribution in [0.25, 0.3) is 10.9 Å². The van der Waals surface area contributed by atoms with Gasteiger partial charge in [-0.2, -0.15) is 4.98 Å². The molecule has 0 atom stereocenters. The number of nitrogens with zero attached hydrogens (tertiary/aromatic N) is 1. The van der Waals surface area contributed by atoms with Gasteiger partial charge in [-0.15, -0.1) is 0 Å². The molecule has 0 fully saturated rings. The summed E-state index contributed by atoms with van der Waals surface area (Å²) in [6.45, 7) is 0.515. The maximum absolute atomic E-state index is 11.7. The van der Waals surface area contributed by atoms with E-state index in [-0.39, 0.29) is 5.69 Å². The second-order valence-corrected chi connectivity index (χ2v) is 4.98. The number of H-pyrrole nitrogens is 1. The molecule has 23 heavy (non-hydrogen) atoms. The summed E-state index contributed by atoms with van der Waals surface area (Å²) in [6.07, 6.45) is 0. The van der Waals surface area contributed by atoms with Gasteiger partial charge in [0, 0.05) is 11.9 Å². The fourth-order valence-electron chi connectivity index (χ4n) is 2.41. The minimum atomic E-state index is -0.376. The molecule has 0 radical (unpaired) electrons. The molecule has 6 heteroatoms. The average molecular weight is 311 g/mol. The zero-order chi connectivity index (χ0) is 16.2. The van der Waals surface area contributed by atoms with Gasteiger partial charge in [0.25, 0.3) is 0 Å². The number of anilines is 1. The van der Waals surface area contributed by atoms with Crippen LogP contribution in [0.1, 0.15) is 5.56 Å². The van der Waals surface area contributed by atoms with Crippen LogP contribution in [-0.2, 0) is 6.54 Å². The molecule has 0 aliphatic rings. The van der Waals surface area contributed by atoms with Gasteiger partial charge < -0.3 is 19.8 Å². The van der Waals surface area contributed by atoms with E-state index in [0.29, 0.717) is 23.9 Å². The Hall–Kier alpha value is -3.02. The molecule has 2 N–H and O–H groups in total. The number of rotatable bonds is 5. The molecule has 0 amide bonds. The highest BCUT2D eigenvalue weighted by Gasteiger charge is 2.07. The molecule has 0 saturated carbocycles. The molecule has 118 valence electrons. The molecule has 0 aliphatic carbocycles. The lowest BCUT2D eigenvalue weighted by Crippen LogP contribution is -2.14. The minimum Gasteiger partial charge on any atom is -0.493 e. The number of nitrogens with one attached hydrogen (secondary N) is 2. The molecule has 0 saturated heterocycles. The van der Waals surface area contributed by atoms with Crippen LogP contribution in [0.4, 0.5) is 5.82 Å². The van der Waals surface area contributed by atoms with Gasteiger partial charge >= 0.3 is 5.69 Å². The van der Waals surface area contributed by atoms with Crippen LogP contribution in [0, 0.1) is 0 Å². The van der Waals surface area contributed by atoms with Gasteiger partial charge in [0.1, 0.15) is 5.82 Å². The number of aromatic amines is 1. The molecule has 2 aromatic carbocycles. The number of aromatic nitrogens is 2. The predicted molar refractivity (Wildman–Crippen MR) is 89.2 cm³/mol. The first kappa shape index (κ1) is 14.9. The minimum absolute atomic E-state index is 0.376. The van der Waals surface area contributed by atoms with Crippen LogP contribution in [0.3, 0.4) is 0 Å². The number of ether oxygens (including phenoxy) is 2. The monoisotopic (exact) mass is 311 g/mol. The average Bonchev–Trinajstić information content (AvgIpc) is 2.59. The zero-order valence-corrected chi connectivity index (χ0v) is 12.9. The second kappa shape index (κ2) is 6.39. The summed E-state index contributed by atoms with van der Waals surface area (Å²) in [6, 6.07) is 13.2. The molecule has 1 aromatic heterocycles. The van der Waals surface area contributed by atoms with Gasteiger partial charge in [-0.25, -0.2) is 4.79 Å². The van der Waals surface area contributed by atoms with Gasteiger partial charge in [-0.1, -0.05) is 18.2 Å². The Morgan fingerprint density at radius 1 is 1.09 bits per heavy atom. The first-order chi connectivity index (χ1) is 11.2. The lowest BCUT2D eigenvalue weighted by molar-refractivity contribution is 0.354. The third-order valence-electron chi connectivity index (χ3n) is 3.55. The zero-order valence-electron chi connectivity index (χ0n) is 12.9. The molecular formula is C17H17N3O3. The van der Waals surface area contributed by atoms with Crippen LogP contribution < -0.4 is 20.5 Å². The largest absolute Gasteiger partial charge is 0.493 e. The van der Waals surface area contributed by atoms with Crippen LogP contribution in [-0.4, -0.2) is 24.2 Å². The lowest BCUT2D eigenvalue weighted by atomic mass is 10.2. The predicted octanol–water partition coefficient (Wildman–Crippen LogP) is 2.55. The third kappa shape index (κ3) is 3.11. The molecule has 6 nitrogen and oxygen atoms in total. The number of hydrogen-bond donors (Lipinski definition) is 2. The van der Waals surface area contributed by atoms with Gasteiger partial charge in [0.15, 0.2) is 11.5 Å². The Morgan fingerprint density at radius 2 is 1.87 bits per heavy atom. The maximum atomic E-state index is 11.7. The van der Waals surface area contributed by atoms with Gasteiger partial charge in [-0.05, 0) is 29.8 Å².